The van der Waals surface area contributed by atoms with Crippen LogP contribution in [0.5, 0.6) is 0 Å². The van der Waals surface area contributed by atoms with Crippen molar-refractivity contribution < 1.29 is 4.74 Å². The molecule has 0 spiro atoms. The zero-order valence-corrected chi connectivity index (χ0v) is 17.8. The van der Waals surface area contributed by atoms with Gasteiger partial charge in [-0.1, -0.05) is 24.3 Å². The van der Waals surface area contributed by atoms with E-state index >= 15 is 0 Å². The Bertz CT molecular complexity index is 466. The molecule has 0 saturated heterocycles. The Morgan fingerprint density at radius 3 is 2.58 bits per heavy atom. The molecule has 2 N–H and O–H groups in total. The Morgan fingerprint density at radius 1 is 1.17 bits per heavy atom. The highest BCUT2D eigenvalue weighted by Gasteiger charge is 2.00. The normalized spacial score (nSPS) is 11.3. The zero-order chi connectivity index (χ0) is 16.9. The fourth-order valence-electron chi connectivity index (χ4n) is 2.29. The quantitative estimate of drug-likeness (QED) is 0.250. The fourth-order valence-corrected chi connectivity index (χ4v) is 2.29. The lowest BCUT2D eigenvalue weighted by Gasteiger charge is -2.13. The summed E-state index contributed by atoms with van der Waals surface area (Å²) in [5.74, 6) is 0.847. The Morgan fingerprint density at radius 2 is 1.92 bits per heavy atom. The monoisotopic (exact) mass is 448 g/mol. The number of aliphatic imine (C=N–C) groups is 1. The summed E-state index contributed by atoms with van der Waals surface area (Å²) in [6.07, 6.45) is 2.16. The molecule has 0 atom stereocenters. The van der Waals surface area contributed by atoms with E-state index in [0.29, 0.717) is 0 Å². The van der Waals surface area contributed by atoms with Crippen LogP contribution in [-0.2, 0) is 17.8 Å². The van der Waals surface area contributed by atoms with E-state index < -0.39 is 0 Å². The lowest BCUT2D eigenvalue weighted by atomic mass is 10.1. The lowest BCUT2D eigenvalue weighted by Crippen LogP contribution is -2.37. The van der Waals surface area contributed by atoms with Gasteiger partial charge in [0.05, 0.1) is 0 Å². The molecule has 0 fully saturated rings. The van der Waals surface area contributed by atoms with Gasteiger partial charge in [-0.25, -0.2) is 0 Å². The van der Waals surface area contributed by atoms with Crippen LogP contribution >= 0.6 is 24.0 Å². The highest BCUT2D eigenvalue weighted by Crippen LogP contribution is 2.06. The highest BCUT2D eigenvalue weighted by molar-refractivity contribution is 14.0. The predicted molar refractivity (Wildman–Crippen MR) is 113 cm³/mol. The summed E-state index contributed by atoms with van der Waals surface area (Å²) in [7, 11) is 5.97. The van der Waals surface area contributed by atoms with Crippen LogP contribution in [0.4, 0.5) is 0 Å². The molecule has 1 rings (SSSR count). The highest BCUT2D eigenvalue weighted by atomic mass is 127. The van der Waals surface area contributed by atoms with Gasteiger partial charge in [0.25, 0.3) is 0 Å². The van der Waals surface area contributed by atoms with Crippen molar-refractivity contribution in [1.82, 2.24) is 15.5 Å². The molecule has 0 aromatic heterocycles. The topological polar surface area (TPSA) is 48.9 Å². The van der Waals surface area contributed by atoms with Crippen LogP contribution < -0.4 is 10.6 Å². The fraction of sp³-hybridized carbons (Fsp3) is 0.611. The average molecular weight is 448 g/mol. The standard InChI is InChI=1S/C18H32N4O.HI/c1-5-23-12-7-6-11-20-18(19-2)21-14-16-9-8-10-17(13-16)15-22(3)4;/h8-10,13H,5-7,11-12,14-15H2,1-4H3,(H2,19,20,21);1H. The SMILES string of the molecule is CCOCCCCNC(=NC)NCc1cccc(CN(C)C)c1.I. The molecule has 0 bridgehead atoms. The third-order valence-electron chi connectivity index (χ3n) is 3.39. The summed E-state index contributed by atoms with van der Waals surface area (Å²) < 4.78 is 5.33. The van der Waals surface area contributed by atoms with Crippen molar-refractivity contribution in [3.63, 3.8) is 0 Å². The van der Waals surface area contributed by atoms with Crippen LogP contribution in [0, 0.1) is 0 Å². The summed E-state index contributed by atoms with van der Waals surface area (Å²) >= 11 is 0. The van der Waals surface area contributed by atoms with Crippen LogP contribution in [0.15, 0.2) is 29.3 Å². The van der Waals surface area contributed by atoms with E-state index in [0.717, 1.165) is 51.6 Å². The maximum absolute atomic E-state index is 5.33. The van der Waals surface area contributed by atoms with Gasteiger partial charge in [-0.3, -0.25) is 4.99 Å². The first-order valence-electron chi connectivity index (χ1n) is 8.40. The van der Waals surface area contributed by atoms with Crippen molar-refractivity contribution in [2.45, 2.75) is 32.9 Å². The van der Waals surface area contributed by atoms with E-state index in [-0.39, 0.29) is 24.0 Å². The molecule has 0 aliphatic carbocycles. The van der Waals surface area contributed by atoms with Gasteiger partial charge in [-0.15, -0.1) is 24.0 Å². The number of guanidine groups is 1. The van der Waals surface area contributed by atoms with E-state index in [1.165, 1.54) is 11.1 Å². The number of nitrogens with zero attached hydrogens (tertiary/aromatic N) is 2. The summed E-state index contributed by atoms with van der Waals surface area (Å²) in [6, 6.07) is 8.65. The van der Waals surface area contributed by atoms with Crippen LogP contribution in [-0.4, -0.2) is 51.8 Å². The number of benzene rings is 1. The van der Waals surface area contributed by atoms with Crippen LogP contribution in [0.3, 0.4) is 0 Å². The molecular formula is C18H33IN4O. The van der Waals surface area contributed by atoms with Crippen molar-refractivity contribution in [2.24, 2.45) is 4.99 Å². The van der Waals surface area contributed by atoms with Gasteiger partial charge in [0.2, 0.25) is 0 Å². The number of hydrogen-bond donors (Lipinski definition) is 2. The van der Waals surface area contributed by atoms with Crippen LogP contribution in [0.25, 0.3) is 0 Å². The molecule has 1 aromatic rings. The Hall–Kier alpha value is -0.860. The molecule has 0 amide bonds. The summed E-state index contributed by atoms with van der Waals surface area (Å²) in [5, 5.41) is 6.70. The number of rotatable bonds is 10. The smallest absolute Gasteiger partial charge is 0.191 e. The first kappa shape index (κ1) is 23.1. The maximum atomic E-state index is 5.33. The third kappa shape index (κ3) is 10.8. The van der Waals surface area contributed by atoms with Crippen LogP contribution in [0.2, 0.25) is 0 Å². The minimum atomic E-state index is 0. The van der Waals surface area contributed by atoms with Gasteiger partial charge in [-0.2, -0.15) is 0 Å². The first-order valence-corrected chi connectivity index (χ1v) is 8.40. The van der Waals surface area contributed by atoms with Gasteiger partial charge in [0.15, 0.2) is 5.96 Å². The summed E-state index contributed by atoms with van der Waals surface area (Å²) in [4.78, 5) is 6.44. The van der Waals surface area contributed by atoms with Gasteiger partial charge in [0, 0.05) is 39.9 Å². The number of hydrogen-bond acceptors (Lipinski definition) is 3. The van der Waals surface area contributed by atoms with E-state index in [9.17, 15) is 0 Å². The van der Waals surface area contributed by atoms with Crippen LogP contribution in [0.1, 0.15) is 30.9 Å². The molecule has 0 aliphatic heterocycles. The van der Waals surface area contributed by atoms with Gasteiger partial charge in [-0.05, 0) is 45.0 Å². The molecule has 24 heavy (non-hydrogen) atoms. The molecule has 0 radical (unpaired) electrons. The second-order valence-electron chi connectivity index (χ2n) is 5.81. The van der Waals surface area contributed by atoms with E-state index in [4.69, 9.17) is 4.74 Å². The predicted octanol–water partition coefficient (Wildman–Crippen LogP) is 2.85. The van der Waals surface area contributed by atoms with E-state index in [1.807, 2.05) is 6.92 Å². The first-order chi connectivity index (χ1) is 11.2. The molecule has 1 aromatic carbocycles. The Balaban J connectivity index is 0.00000529. The largest absolute Gasteiger partial charge is 0.382 e. The van der Waals surface area contributed by atoms with Crippen molar-refractivity contribution >= 4 is 29.9 Å². The van der Waals surface area contributed by atoms with Crippen molar-refractivity contribution in [2.75, 3.05) is 40.9 Å². The molecule has 0 aliphatic rings. The lowest BCUT2D eigenvalue weighted by molar-refractivity contribution is 0.143. The summed E-state index contributed by atoms with van der Waals surface area (Å²) in [6.45, 7) is 6.30. The molecule has 6 heteroatoms. The minimum Gasteiger partial charge on any atom is -0.382 e. The summed E-state index contributed by atoms with van der Waals surface area (Å²) in [5.41, 5.74) is 2.59. The van der Waals surface area contributed by atoms with E-state index in [2.05, 4.69) is 58.9 Å². The van der Waals surface area contributed by atoms with Crippen molar-refractivity contribution in [3.05, 3.63) is 35.4 Å². The molecule has 138 valence electrons. The Kier molecular flexibility index (Phi) is 14.0. The third-order valence-corrected chi connectivity index (χ3v) is 3.39. The number of nitrogens with one attached hydrogen (secondary N) is 2. The second-order valence-corrected chi connectivity index (χ2v) is 5.81. The molecule has 0 saturated carbocycles. The van der Waals surface area contributed by atoms with E-state index in [1.54, 1.807) is 7.05 Å². The van der Waals surface area contributed by atoms with Crippen molar-refractivity contribution in [3.8, 4) is 0 Å². The Labute approximate surface area is 164 Å². The molecule has 0 heterocycles. The minimum absolute atomic E-state index is 0. The molecular weight excluding hydrogens is 415 g/mol. The maximum Gasteiger partial charge on any atom is 0.191 e. The second kappa shape index (κ2) is 14.5. The number of unbranched alkanes of at least 4 members (excludes halogenated alkanes) is 1. The van der Waals surface area contributed by atoms with Gasteiger partial charge < -0.3 is 20.3 Å². The molecule has 5 nitrogen and oxygen atoms in total. The average Bonchev–Trinajstić information content (AvgIpc) is 2.53. The number of halogens is 1. The zero-order valence-electron chi connectivity index (χ0n) is 15.5. The van der Waals surface area contributed by atoms with Crippen molar-refractivity contribution in [1.29, 1.82) is 0 Å². The number of ether oxygens (including phenoxy) is 1. The van der Waals surface area contributed by atoms with Gasteiger partial charge in [0.1, 0.15) is 0 Å². The molecule has 0 unspecified atom stereocenters. The van der Waals surface area contributed by atoms with Gasteiger partial charge >= 0.3 is 0 Å².